The third kappa shape index (κ3) is 3.00. The topological polar surface area (TPSA) is 78.1 Å². The van der Waals surface area contributed by atoms with Crippen molar-refractivity contribution < 1.29 is 9.13 Å². The standard InChI is InChI=1S/C21H19FN6O/c1-12-16(9-23-13(2)26-12)17-10-24-20(28-11-25-27-21(17)28)6-3-14-15-7-8-29-19(15)5-4-18(14)22/h4-5,9-11H,3,6-8H2,1-2H3. The Hall–Kier alpha value is -3.42. The van der Waals surface area contributed by atoms with Crippen LogP contribution in [0.2, 0.25) is 0 Å². The van der Waals surface area contributed by atoms with Crippen molar-refractivity contribution in [3.8, 4) is 16.9 Å². The lowest BCUT2D eigenvalue weighted by Gasteiger charge is -2.11. The summed E-state index contributed by atoms with van der Waals surface area (Å²) < 4.78 is 21.9. The number of fused-ring (bicyclic) bond motifs is 2. The molecular weight excluding hydrogens is 371 g/mol. The molecule has 0 aliphatic carbocycles. The fourth-order valence-electron chi connectivity index (χ4n) is 3.91. The Morgan fingerprint density at radius 1 is 1.10 bits per heavy atom. The maximum Gasteiger partial charge on any atom is 0.171 e. The zero-order chi connectivity index (χ0) is 20.0. The third-order valence-corrected chi connectivity index (χ3v) is 5.34. The van der Waals surface area contributed by atoms with Crippen molar-refractivity contribution in [3.63, 3.8) is 0 Å². The third-order valence-electron chi connectivity index (χ3n) is 5.34. The van der Waals surface area contributed by atoms with Crippen molar-refractivity contribution >= 4 is 5.65 Å². The first-order chi connectivity index (χ1) is 14.1. The lowest BCUT2D eigenvalue weighted by Crippen LogP contribution is -2.06. The SMILES string of the molecule is Cc1ncc(-c2cnc(CCc3c(F)ccc4c3CCO4)n3cnnc23)c(C)n1. The molecule has 8 heteroatoms. The van der Waals surface area contributed by atoms with Gasteiger partial charge in [0.25, 0.3) is 0 Å². The Kier molecular flexibility index (Phi) is 4.19. The largest absolute Gasteiger partial charge is 0.493 e. The van der Waals surface area contributed by atoms with E-state index in [1.54, 1.807) is 24.8 Å². The fraction of sp³-hybridized carbons (Fsp3) is 0.286. The molecule has 146 valence electrons. The van der Waals surface area contributed by atoms with E-state index in [1.807, 2.05) is 18.2 Å². The van der Waals surface area contributed by atoms with Crippen LogP contribution in [0.25, 0.3) is 16.8 Å². The Labute approximate surface area is 166 Å². The number of ether oxygens (including phenoxy) is 1. The van der Waals surface area contributed by atoms with E-state index in [1.165, 1.54) is 6.07 Å². The first-order valence-corrected chi connectivity index (χ1v) is 9.53. The van der Waals surface area contributed by atoms with Gasteiger partial charge in [-0.1, -0.05) is 0 Å². The molecular formula is C21H19FN6O. The number of aromatic nitrogens is 6. The Morgan fingerprint density at radius 2 is 1.97 bits per heavy atom. The van der Waals surface area contributed by atoms with Crippen LogP contribution in [-0.4, -0.2) is 36.2 Å². The molecule has 29 heavy (non-hydrogen) atoms. The zero-order valence-electron chi connectivity index (χ0n) is 16.2. The van der Waals surface area contributed by atoms with Crippen molar-refractivity contribution in [2.24, 2.45) is 0 Å². The first kappa shape index (κ1) is 17.7. The first-order valence-electron chi connectivity index (χ1n) is 9.53. The molecule has 7 nitrogen and oxygen atoms in total. The summed E-state index contributed by atoms with van der Waals surface area (Å²) in [5.74, 6) is 2.08. The van der Waals surface area contributed by atoms with Crippen LogP contribution >= 0.6 is 0 Å². The van der Waals surface area contributed by atoms with Crippen molar-refractivity contribution in [2.45, 2.75) is 33.1 Å². The number of hydrogen-bond donors (Lipinski definition) is 0. The van der Waals surface area contributed by atoms with Gasteiger partial charge >= 0.3 is 0 Å². The Morgan fingerprint density at radius 3 is 2.83 bits per heavy atom. The molecule has 4 heterocycles. The van der Waals surface area contributed by atoms with Crippen LogP contribution < -0.4 is 4.74 Å². The van der Waals surface area contributed by atoms with Gasteiger partial charge < -0.3 is 4.74 Å². The number of aryl methyl sites for hydroxylation is 3. The molecule has 5 rings (SSSR count). The summed E-state index contributed by atoms with van der Waals surface area (Å²) in [4.78, 5) is 13.4. The minimum atomic E-state index is -0.196. The summed E-state index contributed by atoms with van der Waals surface area (Å²) in [5, 5.41) is 8.34. The molecule has 1 aliphatic heterocycles. The normalized spacial score (nSPS) is 12.9. The number of benzene rings is 1. The molecule has 0 bridgehead atoms. The van der Waals surface area contributed by atoms with E-state index in [4.69, 9.17) is 4.74 Å². The maximum atomic E-state index is 14.4. The van der Waals surface area contributed by atoms with Crippen LogP contribution in [0, 0.1) is 19.7 Å². The molecule has 1 aliphatic rings. The molecule has 0 atom stereocenters. The van der Waals surface area contributed by atoms with Crippen molar-refractivity contribution in [1.29, 1.82) is 0 Å². The summed E-state index contributed by atoms with van der Waals surface area (Å²) in [6.07, 6.45) is 7.03. The molecule has 4 aromatic rings. The minimum absolute atomic E-state index is 0.196. The van der Waals surface area contributed by atoms with Gasteiger partial charge in [-0.3, -0.25) is 4.40 Å². The van der Waals surface area contributed by atoms with Crippen molar-refractivity contribution in [2.75, 3.05) is 6.61 Å². The second-order valence-electron chi connectivity index (χ2n) is 7.13. The van der Waals surface area contributed by atoms with Gasteiger partial charge in [0, 0.05) is 47.6 Å². The van der Waals surface area contributed by atoms with E-state index in [9.17, 15) is 4.39 Å². The van der Waals surface area contributed by atoms with Gasteiger partial charge in [0.2, 0.25) is 0 Å². The smallest absolute Gasteiger partial charge is 0.171 e. The molecule has 0 unspecified atom stereocenters. The molecule has 0 saturated heterocycles. The molecule has 3 aromatic heterocycles. The monoisotopic (exact) mass is 390 g/mol. The van der Waals surface area contributed by atoms with Gasteiger partial charge in [0.15, 0.2) is 5.65 Å². The lowest BCUT2D eigenvalue weighted by atomic mass is 10.00. The van der Waals surface area contributed by atoms with Gasteiger partial charge in [0.1, 0.15) is 29.5 Å². The number of halogens is 1. The lowest BCUT2D eigenvalue weighted by molar-refractivity contribution is 0.356. The van der Waals surface area contributed by atoms with Crippen LogP contribution in [0.5, 0.6) is 5.75 Å². The zero-order valence-corrected chi connectivity index (χ0v) is 16.2. The predicted octanol–water partition coefficient (Wildman–Crippen LogP) is 3.06. The predicted molar refractivity (Wildman–Crippen MR) is 104 cm³/mol. The van der Waals surface area contributed by atoms with E-state index in [-0.39, 0.29) is 5.82 Å². The highest BCUT2D eigenvalue weighted by Crippen LogP contribution is 2.31. The van der Waals surface area contributed by atoms with E-state index in [0.29, 0.717) is 30.7 Å². The van der Waals surface area contributed by atoms with Gasteiger partial charge in [-0.2, -0.15) is 0 Å². The highest BCUT2D eigenvalue weighted by molar-refractivity contribution is 5.77. The Balaban J connectivity index is 1.50. The Bertz CT molecular complexity index is 1240. The van der Waals surface area contributed by atoms with Gasteiger partial charge in [-0.15, -0.1) is 10.2 Å². The van der Waals surface area contributed by atoms with E-state index in [0.717, 1.165) is 46.2 Å². The molecule has 0 N–H and O–H groups in total. The number of rotatable bonds is 4. The highest BCUT2D eigenvalue weighted by Gasteiger charge is 2.20. The molecule has 0 amide bonds. The molecule has 0 saturated carbocycles. The van der Waals surface area contributed by atoms with Crippen LogP contribution in [0.1, 0.15) is 28.5 Å². The summed E-state index contributed by atoms with van der Waals surface area (Å²) in [6.45, 7) is 4.40. The molecule has 1 aromatic carbocycles. The number of hydrogen-bond acceptors (Lipinski definition) is 6. The van der Waals surface area contributed by atoms with Crippen LogP contribution in [0.4, 0.5) is 4.39 Å². The average Bonchev–Trinajstić information content (AvgIpc) is 3.37. The van der Waals surface area contributed by atoms with E-state index >= 15 is 0 Å². The van der Waals surface area contributed by atoms with E-state index in [2.05, 4.69) is 25.1 Å². The van der Waals surface area contributed by atoms with E-state index < -0.39 is 0 Å². The van der Waals surface area contributed by atoms with Crippen molar-refractivity contribution in [3.05, 3.63) is 65.1 Å². The highest BCUT2D eigenvalue weighted by atomic mass is 19.1. The molecule has 0 fully saturated rings. The van der Waals surface area contributed by atoms with Gasteiger partial charge in [-0.05, 0) is 38.0 Å². The number of nitrogens with zero attached hydrogens (tertiary/aromatic N) is 6. The minimum Gasteiger partial charge on any atom is -0.493 e. The second kappa shape index (κ2) is 6.88. The van der Waals surface area contributed by atoms with Gasteiger partial charge in [0.05, 0.1) is 6.61 Å². The summed E-state index contributed by atoms with van der Waals surface area (Å²) in [5.41, 5.74) is 4.91. The van der Waals surface area contributed by atoms with Crippen molar-refractivity contribution in [1.82, 2.24) is 29.5 Å². The molecule has 0 radical (unpaired) electrons. The second-order valence-corrected chi connectivity index (χ2v) is 7.13. The summed E-state index contributed by atoms with van der Waals surface area (Å²) in [6, 6.07) is 3.18. The van der Waals surface area contributed by atoms with Crippen LogP contribution in [-0.2, 0) is 19.3 Å². The summed E-state index contributed by atoms with van der Waals surface area (Å²) >= 11 is 0. The van der Waals surface area contributed by atoms with Crippen LogP contribution in [0.15, 0.2) is 30.9 Å². The average molecular weight is 390 g/mol. The maximum absolute atomic E-state index is 14.4. The van der Waals surface area contributed by atoms with Crippen LogP contribution in [0.3, 0.4) is 0 Å². The quantitative estimate of drug-likeness (QED) is 0.533. The fourth-order valence-corrected chi connectivity index (χ4v) is 3.91. The molecule has 0 spiro atoms. The summed E-state index contributed by atoms with van der Waals surface area (Å²) in [7, 11) is 0. The van der Waals surface area contributed by atoms with Gasteiger partial charge in [-0.25, -0.2) is 19.3 Å².